The van der Waals surface area contributed by atoms with Gasteiger partial charge < -0.3 is 15.7 Å². The minimum atomic E-state index is -0.524. The van der Waals surface area contributed by atoms with Crippen LogP contribution in [0.25, 0.3) is 11.4 Å². The number of nitrogens with two attached hydrogens (primary N) is 1. The third-order valence-electron chi connectivity index (χ3n) is 3.64. The van der Waals surface area contributed by atoms with Crippen LogP contribution in [0, 0.1) is 10.1 Å². The zero-order valence-corrected chi connectivity index (χ0v) is 11.7. The summed E-state index contributed by atoms with van der Waals surface area (Å²) in [5.41, 5.74) is 6.74. The summed E-state index contributed by atoms with van der Waals surface area (Å²) >= 11 is 0. The number of anilines is 2. The molecule has 0 amide bonds. The van der Waals surface area contributed by atoms with Crippen LogP contribution in [0.5, 0.6) is 0 Å². The summed E-state index contributed by atoms with van der Waals surface area (Å²) in [6, 6.07) is 4.85. The molecule has 22 heavy (non-hydrogen) atoms. The smallest absolute Gasteiger partial charge is 0.303 e. The van der Waals surface area contributed by atoms with Crippen LogP contribution in [0.4, 0.5) is 17.1 Å². The summed E-state index contributed by atoms with van der Waals surface area (Å²) in [6.45, 7) is 1.15. The average molecular weight is 301 g/mol. The molecule has 1 aromatic carbocycles. The molecule has 1 aliphatic rings. The molecule has 8 heteroatoms. The van der Waals surface area contributed by atoms with Gasteiger partial charge in [0.25, 0.3) is 0 Å². The molecule has 114 valence electrons. The van der Waals surface area contributed by atoms with Crippen molar-refractivity contribution in [2.75, 3.05) is 23.7 Å². The van der Waals surface area contributed by atoms with E-state index in [1.165, 1.54) is 12.4 Å². The summed E-state index contributed by atoms with van der Waals surface area (Å²) in [5.74, 6) is 0.252. The molecule has 3 rings (SSSR count). The van der Waals surface area contributed by atoms with Crippen LogP contribution in [0.1, 0.15) is 6.42 Å². The molecule has 1 unspecified atom stereocenters. The second-order valence-electron chi connectivity index (χ2n) is 5.15. The van der Waals surface area contributed by atoms with Crippen molar-refractivity contribution in [2.24, 2.45) is 0 Å². The van der Waals surface area contributed by atoms with Crippen LogP contribution in [-0.4, -0.2) is 39.2 Å². The van der Waals surface area contributed by atoms with E-state index < -0.39 is 11.0 Å². The van der Waals surface area contributed by atoms with E-state index in [0.29, 0.717) is 19.5 Å². The number of nitro benzene ring substituents is 1. The highest BCUT2D eigenvalue weighted by atomic mass is 16.6. The van der Waals surface area contributed by atoms with Crippen LogP contribution in [0.2, 0.25) is 0 Å². The Morgan fingerprint density at radius 3 is 2.68 bits per heavy atom. The molecule has 0 bridgehead atoms. The number of nitrogens with zero attached hydrogens (tertiary/aromatic N) is 4. The zero-order valence-electron chi connectivity index (χ0n) is 11.7. The van der Waals surface area contributed by atoms with Crippen molar-refractivity contribution in [1.82, 2.24) is 9.97 Å². The van der Waals surface area contributed by atoms with Gasteiger partial charge in [0.1, 0.15) is 11.3 Å². The highest BCUT2D eigenvalue weighted by Crippen LogP contribution is 2.37. The molecule has 0 saturated carbocycles. The first-order valence-corrected chi connectivity index (χ1v) is 6.84. The summed E-state index contributed by atoms with van der Waals surface area (Å²) in [4.78, 5) is 20.9. The fourth-order valence-electron chi connectivity index (χ4n) is 2.61. The molecule has 2 heterocycles. The quantitative estimate of drug-likeness (QED) is 0.496. The molecular formula is C14H15N5O3. The maximum Gasteiger partial charge on any atom is 0.303 e. The molecule has 1 saturated heterocycles. The minimum Gasteiger partial charge on any atom is -0.393 e. The van der Waals surface area contributed by atoms with Gasteiger partial charge in [-0.25, -0.2) is 9.97 Å². The molecule has 2 aromatic rings. The Balaban J connectivity index is 2.13. The molecular weight excluding hydrogens is 286 g/mol. The van der Waals surface area contributed by atoms with Gasteiger partial charge in [0.2, 0.25) is 0 Å². The van der Waals surface area contributed by atoms with Gasteiger partial charge in [0.05, 0.1) is 11.0 Å². The molecule has 3 N–H and O–H groups in total. The number of rotatable bonds is 3. The summed E-state index contributed by atoms with van der Waals surface area (Å²) in [7, 11) is 0. The van der Waals surface area contributed by atoms with E-state index in [0.717, 1.165) is 5.69 Å². The highest BCUT2D eigenvalue weighted by molar-refractivity contribution is 5.82. The molecule has 1 aliphatic heterocycles. The lowest BCUT2D eigenvalue weighted by atomic mass is 10.1. The number of hydrogen-bond donors (Lipinski definition) is 2. The van der Waals surface area contributed by atoms with Crippen LogP contribution >= 0.6 is 0 Å². The predicted octanol–water partition coefficient (Wildman–Crippen LogP) is 1.21. The minimum absolute atomic E-state index is 0.0614. The van der Waals surface area contributed by atoms with Crippen LogP contribution < -0.4 is 10.6 Å². The number of nitrogen functional groups attached to an aromatic ring is 1. The van der Waals surface area contributed by atoms with Gasteiger partial charge in [-0.3, -0.25) is 10.1 Å². The van der Waals surface area contributed by atoms with Gasteiger partial charge in [0, 0.05) is 31.2 Å². The zero-order chi connectivity index (χ0) is 15.7. The van der Waals surface area contributed by atoms with Crippen molar-refractivity contribution in [2.45, 2.75) is 12.5 Å². The fourth-order valence-corrected chi connectivity index (χ4v) is 2.61. The second kappa shape index (κ2) is 5.57. The maximum absolute atomic E-state index is 11.3. The van der Waals surface area contributed by atoms with Gasteiger partial charge in [0.15, 0.2) is 5.82 Å². The molecule has 1 aromatic heterocycles. The first kappa shape index (κ1) is 14.2. The average Bonchev–Trinajstić information content (AvgIpc) is 2.93. The number of aliphatic hydroxyl groups is 1. The lowest BCUT2D eigenvalue weighted by Crippen LogP contribution is -2.21. The van der Waals surface area contributed by atoms with E-state index in [2.05, 4.69) is 9.97 Å². The number of aliphatic hydroxyl groups excluding tert-OH is 1. The van der Waals surface area contributed by atoms with Crippen molar-refractivity contribution in [3.05, 3.63) is 40.7 Å². The second-order valence-corrected chi connectivity index (χ2v) is 5.15. The standard InChI is InChI=1S/C14H15N5O3/c15-12-7-9(18-5-2-10(20)8-18)6-11(13(12)19(21)22)14-16-3-1-4-17-14/h1,3-4,6-7,10,20H,2,5,8,15H2. The summed E-state index contributed by atoms with van der Waals surface area (Å²) in [5, 5.41) is 21.0. The highest BCUT2D eigenvalue weighted by Gasteiger charge is 2.26. The SMILES string of the molecule is Nc1cc(N2CCC(O)C2)cc(-c2ncccn2)c1[N+](=O)[O-]. The molecule has 1 fully saturated rings. The Kier molecular flexibility index (Phi) is 3.60. The third-order valence-corrected chi connectivity index (χ3v) is 3.64. The lowest BCUT2D eigenvalue weighted by Gasteiger charge is -2.19. The molecule has 0 spiro atoms. The van der Waals surface area contributed by atoms with Crippen LogP contribution in [0.15, 0.2) is 30.6 Å². The topological polar surface area (TPSA) is 118 Å². The van der Waals surface area contributed by atoms with E-state index >= 15 is 0 Å². The van der Waals surface area contributed by atoms with Crippen LogP contribution in [-0.2, 0) is 0 Å². The van der Waals surface area contributed by atoms with Gasteiger partial charge >= 0.3 is 5.69 Å². The molecule has 0 radical (unpaired) electrons. The Morgan fingerprint density at radius 2 is 2.09 bits per heavy atom. The molecule has 1 atom stereocenters. The number of nitro groups is 1. The van der Waals surface area contributed by atoms with Crippen molar-refractivity contribution >= 4 is 17.1 Å². The maximum atomic E-state index is 11.3. The van der Waals surface area contributed by atoms with E-state index in [1.54, 1.807) is 18.2 Å². The van der Waals surface area contributed by atoms with Crippen molar-refractivity contribution in [3.8, 4) is 11.4 Å². The van der Waals surface area contributed by atoms with E-state index in [4.69, 9.17) is 5.73 Å². The fraction of sp³-hybridized carbons (Fsp3) is 0.286. The number of β-amino-alcohol motifs (C(OH)–C–C–N with tert-alkyl or cyclic N) is 1. The molecule has 0 aliphatic carbocycles. The van der Waals surface area contributed by atoms with Crippen molar-refractivity contribution in [1.29, 1.82) is 0 Å². The normalized spacial score (nSPS) is 17.7. The van der Waals surface area contributed by atoms with Gasteiger partial charge in [-0.15, -0.1) is 0 Å². The van der Waals surface area contributed by atoms with Gasteiger partial charge in [-0.2, -0.15) is 0 Å². The molecule has 8 nitrogen and oxygen atoms in total. The van der Waals surface area contributed by atoms with Crippen LogP contribution in [0.3, 0.4) is 0 Å². The lowest BCUT2D eigenvalue weighted by molar-refractivity contribution is -0.383. The monoisotopic (exact) mass is 301 g/mol. The third kappa shape index (κ3) is 2.56. The number of benzene rings is 1. The first-order valence-electron chi connectivity index (χ1n) is 6.84. The van der Waals surface area contributed by atoms with E-state index in [-0.39, 0.29) is 22.8 Å². The first-order chi connectivity index (χ1) is 10.6. The Labute approximate surface area is 126 Å². The Morgan fingerprint density at radius 1 is 1.36 bits per heavy atom. The van der Waals surface area contributed by atoms with Gasteiger partial charge in [-0.1, -0.05) is 0 Å². The number of hydrogen-bond acceptors (Lipinski definition) is 7. The van der Waals surface area contributed by atoms with E-state index in [9.17, 15) is 15.2 Å². The van der Waals surface area contributed by atoms with Crippen molar-refractivity contribution < 1.29 is 10.0 Å². The van der Waals surface area contributed by atoms with E-state index in [1.807, 2.05) is 4.90 Å². The summed E-state index contributed by atoms with van der Waals surface area (Å²) < 4.78 is 0. The Bertz CT molecular complexity index is 707. The van der Waals surface area contributed by atoms with Gasteiger partial charge in [-0.05, 0) is 24.6 Å². The number of aromatic nitrogens is 2. The predicted molar refractivity (Wildman–Crippen MR) is 81.4 cm³/mol. The Hall–Kier alpha value is -2.74. The van der Waals surface area contributed by atoms with Crippen molar-refractivity contribution in [3.63, 3.8) is 0 Å². The summed E-state index contributed by atoms with van der Waals surface area (Å²) in [6.07, 6.45) is 3.31. The largest absolute Gasteiger partial charge is 0.393 e.